The van der Waals surface area contributed by atoms with Gasteiger partial charge in [-0.15, -0.1) is 0 Å². The van der Waals surface area contributed by atoms with Gasteiger partial charge in [-0.3, -0.25) is 5.43 Å². The van der Waals surface area contributed by atoms with Crippen LogP contribution in [0, 0.1) is 5.92 Å². The zero-order valence-electron chi connectivity index (χ0n) is 16.9. The van der Waals surface area contributed by atoms with Crippen LogP contribution in [0.15, 0.2) is 47.6 Å². The second-order valence-electron chi connectivity index (χ2n) is 6.44. The molecule has 29 heavy (non-hydrogen) atoms. The van der Waals surface area contributed by atoms with Gasteiger partial charge in [-0.1, -0.05) is 30.4 Å². The molecule has 0 bridgehead atoms. The van der Waals surface area contributed by atoms with E-state index in [4.69, 9.17) is 21.7 Å². The van der Waals surface area contributed by atoms with Gasteiger partial charge in [0, 0.05) is 17.6 Å². The average molecular weight is 428 g/mol. The minimum Gasteiger partial charge on any atom is -0.550 e. The Bertz CT molecular complexity index is 688. The maximum Gasteiger partial charge on any atom is 1.00 e. The summed E-state index contributed by atoms with van der Waals surface area (Å²) in [5, 5.41) is 18.0. The molecule has 2 rings (SSSR count). The van der Waals surface area contributed by atoms with Crippen LogP contribution in [0.25, 0.3) is 0 Å². The first-order chi connectivity index (χ1) is 13.5. The minimum absolute atomic E-state index is 0. The van der Waals surface area contributed by atoms with Crippen molar-refractivity contribution in [3.8, 4) is 0 Å². The first kappa shape index (κ1) is 25.7. The van der Waals surface area contributed by atoms with E-state index in [2.05, 4.69) is 15.8 Å². The van der Waals surface area contributed by atoms with E-state index < -0.39 is 5.97 Å². The molecule has 0 amide bonds. The summed E-state index contributed by atoms with van der Waals surface area (Å²) in [5.41, 5.74) is 3.68. The van der Waals surface area contributed by atoms with E-state index in [1.54, 1.807) is 6.21 Å². The first-order valence-electron chi connectivity index (χ1n) is 9.31. The Hall–Kier alpha value is -1.29. The molecular formula is C20H26N3NaO4S. The van der Waals surface area contributed by atoms with E-state index in [-0.39, 0.29) is 54.3 Å². The molecule has 0 aromatic heterocycles. The fourth-order valence-electron chi connectivity index (χ4n) is 2.69. The summed E-state index contributed by atoms with van der Waals surface area (Å²) in [4.78, 5) is 10.4. The number of hydrazone groups is 1. The molecule has 9 heteroatoms. The standard InChI is InChI=1S/C20H27N3O4S.Na/c1-15-26-14-16(9-5-2-3-8-12-19(24)25)18(27-15)13-21-23-20(28)22-17-10-6-4-7-11-17;/h2,4-7,10-11,13,15-16,18H,3,8-9,12,14H2,1H3,(H,24,25)(H2,22,23,28);/q;+1/p-1/b5-2-,21-13+;/t15-,16+,18+;/m1./s1. The van der Waals surface area contributed by atoms with E-state index in [1.165, 1.54) is 0 Å². The van der Waals surface area contributed by atoms with Crippen molar-refractivity contribution in [1.82, 2.24) is 5.43 Å². The van der Waals surface area contributed by atoms with Crippen molar-refractivity contribution in [2.24, 2.45) is 11.0 Å². The van der Waals surface area contributed by atoms with Gasteiger partial charge in [0.1, 0.15) is 6.10 Å². The maximum atomic E-state index is 10.4. The molecule has 0 radical (unpaired) electrons. The van der Waals surface area contributed by atoms with Crippen LogP contribution >= 0.6 is 12.2 Å². The van der Waals surface area contributed by atoms with Crippen LogP contribution in [0.4, 0.5) is 5.69 Å². The van der Waals surface area contributed by atoms with E-state index in [0.29, 0.717) is 24.6 Å². The summed E-state index contributed by atoms with van der Waals surface area (Å²) in [7, 11) is 0. The first-order valence-corrected chi connectivity index (χ1v) is 9.72. The molecule has 1 saturated heterocycles. The molecular weight excluding hydrogens is 401 g/mol. The Balaban J connectivity index is 0.00000420. The predicted molar refractivity (Wildman–Crippen MR) is 111 cm³/mol. The molecule has 1 aromatic carbocycles. The van der Waals surface area contributed by atoms with Gasteiger partial charge >= 0.3 is 29.6 Å². The van der Waals surface area contributed by atoms with Crippen molar-refractivity contribution < 1.29 is 48.9 Å². The molecule has 2 N–H and O–H groups in total. The number of nitrogens with one attached hydrogen (secondary N) is 2. The molecule has 152 valence electrons. The molecule has 0 aliphatic carbocycles. The topological polar surface area (TPSA) is 95.0 Å². The summed E-state index contributed by atoms with van der Waals surface area (Å²) in [5.74, 6) is -0.894. The van der Waals surface area contributed by atoms with Gasteiger partial charge in [-0.05, 0) is 57.0 Å². The molecule has 1 heterocycles. The number of allylic oxidation sites excluding steroid dienone is 2. The molecule has 7 nitrogen and oxygen atoms in total. The van der Waals surface area contributed by atoms with Crippen molar-refractivity contribution in [3.63, 3.8) is 0 Å². The van der Waals surface area contributed by atoms with Crippen LogP contribution < -0.4 is 45.4 Å². The van der Waals surface area contributed by atoms with Gasteiger partial charge in [-0.2, -0.15) is 5.10 Å². The second kappa shape index (κ2) is 14.7. The van der Waals surface area contributed by atoms with E-state index >= 15 is 0 Å². The number of benzene rings is 1. The Morgan fingerprint density at radius 3 is 2.83 bits per heavy atom. The number of anilines is 1. The van der Waals surface area contributed by atoms with Gasteiger partial charge in [-0.25, -0.2) is 0 Å². The monoisotopic (exact) mass is 427 g/mol. The summed E-state index contributed by atoms with van der Waals surface area (Å²) < 4.78 is 11.4. The quantitative estimate of drug-likeness (QED) is 0.133. The van der Waals surface area contributed by atoms with Crippen molar-refractivity contribution >= 4 is 35.2 Å². The van der Waals surface area contributed by atoms with Crippen molar-refractivity contribution in [3.05, 3.63) is 42.5 Å². The van der Waals surface area contributed by atoms with Gasteiger partial charge in [0.2, 0.25) is 0 Å². The molecule has 1 aliphatic heterocycles. The largest absolute Gasteiger partial charge is 1.00 e. The van der Waals surface area contributed by atoms with Crippen LogP contribution in [0.3, 0.4) is 0 Å². The van der Waals surface area contributed by atoms with Gasteiger partial charge in [0.05, 0.1) is 12.8 Å². The molecule has 1 aromatic rings. The number of rotatable bonds is 9. The van der Waals surface area contributed by atoms with Crippen molar-refractivity contribution in [2.45, 2.75) is 45.0 Å². The number of unbranched alkanes of at least 4 members (excludes halogenated alkanes) is 1. The van der Waals surface area contributed by atoms with Crippen LogP contribution in [0.5, 0.6) is 0 Å². The number of aliphatic carboxylic acids is 1. The minimum atomic E-state index is -1.01. The van der Waals surface area contributed by atoms with E-state index in [1.807, 2.05) is 49.4 Å². The Morgan fingerprint density at radius 2 is 2.10 bits per heavy atom. The van der Waals surface area contributed by atoms with E-state index in [9.17, 15) is 9.90 Å². The summed E-state index contributed by atoms with van der Waals surface area (Å²) in [6, 6.07) is 9.60. The van der Waals surface area contributed by atoms with Crippen LogP contribution in [-0.4, -0.2) is 36.3 Å². The Kier molecular flexibility index (Phi) is 13.0. The number of nitrogens with zero attached hydrogens (tertiary/aromatic N) is 1. The number of carboxylic acid groups (broad SMARTS) is 1. The molecule has 1 fully saturated rings. The molecule has 0 unspecified atom stereocenters. The van der Waals surface area contributed by atoms with Crippen LogP contribution in [-0.2, 0) is 14.3 Å². The molecule has 3 atom stereocenters. The number of para-hydroxylation sites is 1. The third-order valence-corrected chi connectivity index (χ3v) is 4.33. The zero-order valence-corrected chi connectivity index (χ0v) is 19.7. The summed E-state index contributed by atoms with van der Waals surface area (Å²) in [6.45, 7) is 2.41. The second-order valence-corrected chi connectivity index (χ2v) is 6.85. The fraction of sp³-hybridized carbons (Fsp3) is 0.450. The third kappa shape index (κ3) is 10.9. The number of carboxylic acids is 1. The smallest absolute Gasteiger partial charge is 0.550 e. The molecule has 0 saturated carbocycles. The van der Waals surface area contributed by atoms with Crippen LogP contribution in [0.1, 0.15) is 32.6 Å². The predicted octanol–water partition coefficient (Wildman–Crippen LogP) is -0.793. The van der Waals surface area contributed by atoms with Crippen LogP contribution in [0.2, 0.25) is 0 Å². The Labute approximate surface area is 199 Å². The van der Waals surface area contributed by atoms with E-state index in [0.717, 1.165) is 12.1 Å². The maximum absolute atomic E-state index is 10.4. The third-order valence-electron chi connectivity index (χ3n) is 4.13. The SMILES string of the molecule is C[C@@H]1OC[C@H](C/C=C\CCCC(=O)[O-])[C@H](/C=N/NC(=S)Nc2ccccc2)O1.[Na+]. The number of ether oxygens (including phenoxy) is 2. The van der Waals surface area contributed by atoms with Gasteiger partial charge in [0.25, 0.3) is 0 Å². The Morgan fingerprint density at radius 1 is 1.34 bits per heavy atom. The summed E-state index contributed by atoms with van der Waals surface area (Å²) >= 11 is 5.23. The van der Waals surface area contributed by atoms with Gasteiger partial charge in [0.15, 0.2) is 11.4 Å². The van der Waals surface area contributed by atoms with Crippen molar-refractivity contribution in [2.75, 3.05) is 11.9 Å². The van der Waals surface area contributed by atoms with Crippen molar-refractivity contribution in [1.29, 1.82) is 0 Å². The number of hydrogen-bond acceptors (Lipinski definition) is 6. The zero-order chi connectivity index (χ0) is 20.2. The van der Waals surface area contributed by atoms with Gasteiger partial charge < -0.3 is 24.7 Å². The number of carbonyl (C=O) groups is 1. The molecule has 1 aliphatic rings. The average Bonchev–Trinajstić information content (AvgIpc) is 2.66. The number of thiocarbonyl (C=S) groups is 1. The fourth-order valence-corrected chi connectivity index (χ4v) is 2.86. The number of carbonyl (C=O) groups excluding carboxylic acids is 1. The molecule has 0 spiro atoms. The normalized spacial score (nSPS) is 21.6. The number of hydrogen-bond donors (Lipinski definition) is 2. The summed E-state index contributed by atoms with van der Waals surface area (Å²) in [6.07, 6.45) is 7.32.